The summed E-state index contributed by atoms with van der Waals surface area (Å²) in [6, 6.07) is 5.36. The number of nitrogens with zero attached hydrogens (tertiary/aromatic N) is 2. The van der Waals surface area contributed by atoms with E-state index in [1.54, 1.807) is 4.68 Å². The number of aromatic nitrogens is 2. The van der Waals surface area contributed by atoms with Gasteiger partial charge in [-0.2, -0.15) is 5.10 Å². The van der Waals surface area contributed by atoms with Crippen LogP contribution in [0.25, 0.3) is 5.69 Å². The summed E-state index contributed by atoms with van der Waals surface area (Å²) in [6.07, 6.45) is 0.668. The molecule has 6 heteroatoms. The summed E-state index contributed by atoms with van der Waals surface area (Å²) in [5.41, 5.74) is 4.23. The Morgan fingerprint density at radius 3 is 2.65 bits per heavy atom. The van der Waals surface area contributed by atoms with Gasteiger partial charge in [-0.15, -0.1) is 0 Å². The van der Waals surface area contributed by atoms with Crippen molar-refractivity contribution in [2.45, 2.75) is 39.8 Å². The van der Waals surface area contributed by atoms with Crippen LogP contribution < -0.4 is 5.32 Å². The van der Waals surface area contributed by atoms with Gasteiger partial charge in [-0.1, -0.05) is 12.1 Å². The average molecular weight is 317 g/mol. The molecule has 2 atom stereocenters. The molecule has 0 saturated carbocycles. The van der Waals surface area contributed by atoms with E-state index in [4.69, 9.17) is 0 Å². The van der Waals surface area contributed by atoms with Crippen LogP contribution in [0.3, 0.4) is 0 Å². The summed E-state index contributed by atoms with van der Waals surface area (Å²) in [5.74, 6) is -0.362. The van der Waals surface area contributed by atoms with Crippen molar-refractivity contribution in [3.63, 3.8) is 0 Å². The lowest BCUT2D eigenvalue weighted by atomic mass is 10.1. The number of aliphatic hydroxyl groups is 2. The molecule has 0 unspecified atom stereocenters. The lowest BCUT2D eigenvalue weighted by Crippen LogP contribution is -2.44. The van der Waals surface area contributed by atoms with Gasteiger partial charge in [-0.25, -0.2) is 4.68 Å². The fourth-order valence-corrected chi connectivity index (χ4v) is 2.39. The molecular weight excluding hydrogens is 294 g/mol. The highest BCUT2D eigenvalue weighted by Gasteiger charge is 2.21. The summed E-state index contributed by atoms with van der Waals surface area (Å²) >= 11 is 0. The average Bonchev–Trinajstić information content (AvgIpc) is 2.88. The molecule has 6 nitrogen and oxygen atoms in total. The van der Waals surface area contributed by atoms with E-state index < -0.39 is 12.1 Å². The number of hydrogen-bond donors (Lipinski definition) is 3. The molecular formula is C17H23N3O3. The predicted molar refractivity (Wildman–Crippen MR) is 87.8 cm³/mol. The quantitative estimate of drug-likeness (QED) is 0.775. The topological polar surface area (TPSA) is 87.4 Å². The van der Waals surface area contributed by atoms with Crippen LogP contribution in [0.1, 0.15) is 34.1 Å². The molecule has 3 N–H and O–H groups in total. The fourth-order valence-electron chi connectivity index (χ4n) is 2.39. The van der Waals surface area contributed by atoms with E-state index >= 15 is 0 Å². The first-order valence-electron chi connectivity index (χ1n) is 7.57. The van der Waals surface area contributed by atoms with E-state index in [0.717, 1.165) is 16.8 Å². The lowest BCUT2D eigenvalue weighted by Gasteiger charge is -2.18. The number of carbonyl (C=O) groups excluding carboxylic acids is 1. The standard InChI is InChI=1S/C17H23N3O3/c1-10-5-6-11(2)16(7-10)20-12(3)14(8-18-20)17(23)19-15(9-21)13(4)22/h5-8,13,15,21-22H,9H2,1-4H3,(H,19,23)/t13-,15-/m1/s1. The maximum Gasteiger partial charge on any atom is 0.255 e. The third kappa shape index (κ3) is 3.60. The number of benzene rings is 1. The number of amides is 1. The maximum absolute atomic E-state index is 12.3. The number of aliphatic hydroxyl groups excluding tert-OH is 2. The Kier molecular flexibility index (Phi) is 5.18. The minimum absolute atomic E-state index is 0.326. The van der Waals surface area contributed by atoms with Crippen LogP contribution in [0.15, 0.2) is 24.4 Å². The number of carbonyl (C=O) groups is 1. The van der Waals surface area contributed by atoms with Gasteiger partial charge >= 0.3 is 0 Å². The number of hydrogen-bond acceptors (Lipinski definition) is 4. The van der Waals surface area contributed by atoms with Gasteiger partial charge in [0, 0.05) is 0 Å². The Bertz CT molecular complexity index is 707. The summed E-state index contributed by atoms with van der Waals surface area (Å²) in [6.45, 7) is 7.01. The summed E-state index contributed by atoms with van der Waals surface area (Å²) < 4.78 is 1.73. The van der Waals surface area contributed by atoms with Gasteiger partial charge < -0.3 is 15.5 Å². The third-order valence-corrected chi connectivity index (χ3v) is 3.94. The zero-order chi connectivity index (χ0) is 17.1. The van der Waals surface area contributed by atoms with Crippen molar-refractivity contribution in [1.29, 1.82) is 0 Å². The predicted octanol–water partition coefficient (Wildman–Crippen LogP) is 1.27. The lowest BCUT2D eigenvalue weighted by molar-refractivity contribution is 0.0757. The SMILES string of the molecule is Cc1ccc(C)c(-n2ncc(C(=O)N[C@H](CO)[C@@H](C)O)c2C)c1. The van der Waals surface area contributed by atoms with Crippen molar-refractivity contribution in [2.75, 3.05) is 6.61 Å². The first kappa shape index (κ1) is 17.2. The second-order valence-corrected chi connectivity index (χ2v) is 5.85. The normalized spacial score (nSPS) is 13.7. The van der Waals surface area contributed by atoms with Crippen molar-refractivity contribution in [3.8, 4) is 5.69 Å². The Balaban J connectivity index is 2.32. The molecule has 0 spiro atoms. The molecule has 23 heavy (non-hydrogen) atoms. The van der Waals surface area contributed by atoms with E-state index in [9.17, 15) is 15.0 Å². The molecule has 0 radical (unpaired) electrons. The van der Waals surface area contributed by atoms with Gasteiger partial charge in [-0.3, -0.25) is 4.79 Å². The number of nitrogens with one attached hydrogen (secondary N) is 1. The van der Waals surface area contributed by atoms with Gasteiger partial charge in [0.1, 0.15) is 0 Å². The van der Waals surface area contributed by atoms with Gasteiger partial charge in [0.15, 0.2) is 0 Å². The van der Waals surface area contributed by atoms with Crippen LogP contribution in [0, 0.1) is 20.8 Å². The molecule has 0 aliphatic rings. The van der Waals surface area contributed by atoms with Gasteiger partial charge in [0.05, 0.1) is 41.9 Å². The van der Waals surface area contributed by atoms with Crippen LogP contribution in [0.4, 0.5) is 0 Å². The van der Waals surface area contributed by atoms with E-state index in [1.165, 1.54) is 13.1 Å². The molecule has 0 fully saturated rings. The Labute approximate surface area is 135 Å². The van der Waals surface area contributed by atoms with Crippen molar-refractivity contribution in [2.24, 2.45) is 0 Å². The van der Waals surface area contributed by atoms with E-state index in [-0.39, 0.29) is 12.5 Å². The number of rotatable bonds is 5. The van der Waals surface area contributed by atoms with Gasteiger partial charge in [0.2, 0.25) is 0 Å². The summed E-state index contributed by atoms with van der Waals surface area (Å²) in [4.78, 5) is 12.3. The summed E-state index contributed by atoms with van der Waals surface area (Å²) in [5, 5.41) is 25.7. The van der Waals surface area contributed by atoms with Gasteiger partial charge in [0.25, 0.3) is 5.91 Å². The number of aryl methyl sites for hydroxylation is 2. The molecule has 1 aromatic heterocycles. The highest BCUT2D eigenvalue weighted by molar-refractivity contribution is 5.95. The second-order valence-electron chi connectivity index (χ2n) is 5.85. The smallest absolute Gasteiger partial charge is 0.255 e. The third-order valence-electron chi connectivity index (χ3n) is 3.94. The first-order chi connectivity index (χ1) is 10.8. The van der Waals surface area contributed by atoms with Crippen LogP contribution in [0.5, 0.6) is 0 Å². The molecule has 1 amide bonds. The van der Waals surface area contributed by atoms with E-state index in [0.29, 0.717) is 11.3 Å². The molecule has 0 aliphatic heterocycles. The molecule has 1 aromatic carbocycles. The molecule has 0 bridgehead atoms. The van der Waals surface area contributed by atoms with Crippen LogP contribution >= 0.6 is 0 Å². The second kappa shape index (κ2) is 6.93. The fraction of sp³-hybridized carbons (Fsp3) is 0.412. The molecule has 2 aromatic rings. The molecule has 1 heterocycles. The zero-order valence-electron chi connectivity index (χ0n) is 13.9. The first-order valence-corrected chi connectivity index (χ1v) is 7.57. The van der Waals surface area contributed by atoms with E-state index in [2.05, 4.69) is 10.4 Å². The minimum Gasteiger partial charge on any atom is -0.394 e. The highest BCUT2D eigenvalue weighted by Crippen LogP contribution is 2.19. The van der Waals surface area contributed by atoms with Crippen LogP contribution in [0.2, 0.25) is 0 Å². The van der Waals surface area contributed by atoms with Crippen molar-refractivity contribution in [1.82, 2.24) is 15.1 Å². The highest BCUT2D eigenvalue weighted by atomic mass is 16.3. The van der Waals surface area contributed by atoms with Gasteiger partial charge in [-0.05, 0) is 44.9 Å². The van der Waals surface area contributed by atoms with Crippen molar-refractivity contribution in [3.05, 3.63) is 46.8 Å². The Hall–Kier alpha value is -2.18. The monoisotopic (exact) mass is 317 g/mol. The molecule has 2 rings (SSSR count). The molecule has 0 saturated heterocycles. The van der Waals surface area contributed by atoms with Crippen molar-refractivity contribution < 1.29 is 15.0 Å². The van der Waals surface area contributed by atoms with Crippen LogP contribution in [-0.4, -0.2) is 44.7 Å². The minimum atomic E-state index is -0.835. The molecule has 124 valence electrons. The Morgan fingerprint density at radius 1 is 1.35 bits per heavy atom. The maximum atomic E-state index is 12.3. The zero-order valence-corrected chi connectivity index (χ0v) is 13.9. The van der Waals surface area contributed by atoms with Crippen molar-refractivity contribution >= 4 is 5.91 Å². The van der Waals surface area contributed by atoms with E-state index in [1.807, 2.05) is 39.0 Å². The summed E-state index contributed by atoms with van der Waals surface area (Å²) in [7, 11) is 0. The largest absolute Gasteiger partial charge is 0.394 e. The van der Waals surface area contributed by atoms with Crippen LogP contribution in [-0.2, 0) is 0 Å². The molecule has 0 aliphatic carbocycles. The Morgan fingerprint density at radius 2 is 2.04 bits per heavy atom.